The number of hydrogen-bond acceptors (Lipinski definition) is 4. The first-order valence-electron chi connectivity index (χ1n) is 7.43. The lowest BCUT2D eigenvalue weighted by atomic mass is 9.76. The number of rotatable bonds is 4. The van der Waals surface area contributed by atoms with Crippen LogP contribution in [0.4, 0.5) is 8.78 Å². The van der Waals surface area contributed by atoms with E-state index in [4.69, 9.17) is 0 Å². The van der Waals surface area contributed by atoms with Gasteiger partial charge in [0.2, 0.25) is 0 Å². The molecule has 1 aromatic heterocycles. The Morgan fingerprint density at radius 2 is 1.91 bits per heavy atom. The van der Waals surface area contributed by atoms with E-state index in [1.807, 2.05) is 19.9 Å². The van der Waals surface area contributed by atoms with Crippen molar-refractivity contribution in [3.8, 4) is 0 Å². The summed E-state index contributed by atoms with van der Waals surface area (Å²) in [6.07, 6.45) is -0.744. The Hall–Kier alpha value is -2.31. The second kappa shape index (κ2) is 5.72. The molecule has 0 aliphatic heterocycles. The molecule has 0 bridgehead atoms. The summed E-state index contributed by atoms with van der Waals surface area (Å²) in [6, 6.07) is 5.55. The predicted octanol–water partition coefficient (Wildman–Crippen LogP) is 3.43. The van der Waals surface area contributed by atoms with Crippen molar-refractivity contribution in [3.63, 3.8) is 0 Å². The maximum Gasteiger partial charge on any atom is 0.315 e. The molecule has 0 radical (unpaired) electrons. The van der Waals surface area contributed by atoms with Gasteiger partial charge in [0, 0.05) is 5.56 Å². The Kier molecular flexibility index (Phi) is 3.87. The summed E-state index contributed by atoms with van der Waals surface area (Å²) >= 11 is 0. The minimum absolute atomic E-state index is 0.122. The van der Waals surface area contributed by atoms with E-state index in [1.54, 1.807) is 12.1 Å². The van der Waals surface area contributed by atoms with Crippen LogP contribution in [-0.4, -0.2) is 16.0 Å². The lowest BCUT2D eigenvalue weighted by Crippen LogP contribution is -2.51. The van der Waals surface area contributed by atoms with Gasteiger partial charge in [0.05, 0.1) is 0 Å². The highest BCUT2D eigenvalue weighted by Gasteiger charge is 2.44. The molecule has 1 heterocycles. The van der Waals surface area contributed by atoms with Gasteiger partial charge in [-0.05, 0) is 45.2 Å². The van der Waals surface area contributed by atoms with Crippen LogP contribution in [0.2, 0.25) is 0 Å². The van der Waals surface area contributed by atoms with Crippen LogP contribution >= 0.6 is 0 Å². The molecule has 1 aliphatic carbocycles. The van der Waals surface area contributed by atoms with Gasteiger partial charge in [-0.2, -0.15) is 13.8 Å². The van der Waals surface area contributed by atoms with Gasteiger partial charge in [0.25, 0.3) is 11.8 Å². The first-order valence-corrected chi connectivity index (χ1v) is 7.43. The number of alkyl halides is 2. The molecule has 0 atom stereocenters. The van der Waals surface area contributed by atoms with Gasteiger partial charge in [-0.25, -0.2) is 0 Å². The fourth-order valence-corrected chi connectivity index (χ4v) is 2.85. The van der Waals surface area contributed by atoms with Crippen molar-refractivity contribution in [1.82, 2.24) is 15.5 Å². The number of amides is 1. The van der Waals surface area contributed by atoms with Crippen LogP contribution in [0.3, 0.4) is 0 Å². The van der Waals surface area contributed by atoms with Gasteiger partial charge in [0.1, 0.15) is 5.54 Å². The quantitative estimate of drug-likeness (QED) is 0.937. The first kappa shape index (κ1) is 15.6. The topological polar surface area (TPSA) is 68.0 Å². The van der Waals surface area contributed by atoms with Gasteiger partial charge in [-0.15, -0.1) is 0 Å². The van der Waals surface area contributed by atoms with E-state index in [1.165, 1.54) is 0 Å². The van der Waals surface area contributed by atoms with Crippen molar-refractivity contribution in [1.29, 1.82) is 0 Å². The Labute approximate surface area is 132 Å². The van der Waals surface area contributed by atoms with Crippen molar-refractivity contribution in [2.75, 3.05) is 0 Å². The van der Waals surface area contributed by atoms with Gasteiger partial charge in [-0.1, -0.05) is 22.3 Å². The van der Waals surface area contributed by atoms with Crippen molar-refractivity contribution in [3.05, 3.63) is 46.6 Å². The Bertz CT molecular complexity index is 718. The van der Waals surface area contributed by atoms with Crippen molar-refractivity contribution in [2.45, 2.75) is 45.1 Å². The number of halogens is 2. The minimum Gasteiger partial charge on any atom is -0.339 e. The van der Waals surface area contributed by atoms with E-state index >= 15 is 0 Å². The number of nitrogens with one attached hydrogen (secondary N) is 1. The van der Waals surface area contributed by atoms with E-state index in [0.717, 1.165) is 17.5 Å². The normalized spacial score (nSPS) is 16.2. The zero-order chi connectivity index (χ0) is 16.6. The molecule has 5 nitrogen and oxygen atoms in total. The van der Waals surface area contributed by atoms with Gasteiger partial charge >= 0.3 is 6.43 Å². The number of aromatic nitrogens is 2. The summed E-state index contributed by atoms with van der Waals surface area (Å²) in [4.78, 5) is 16.3. The van der Waals surface area contributed by atoms with Crippen molar-refractivity contribution < 1.29 is 18.1 Å². The summed E-state index contributed by atoms with van der Waals surface area (Å²) in [5, 5.41) is 6.53. The lowest BCUT2D eigenvalue weighted by molar-refractivity contribution is 0.0803. The number of hydrogen-bond donors (Lipinski definition) is 1. The third-order valence-corrected chi connectivity index (χ3v) is 4.10. The largest absolute Gasteiger partial charge is 0.339 e. The molecule has 1 N–H and O–H groups in total. The number of benzene rings is 1. The maximum atomic E-state index is 12.6. The highest BCUT2D eigenvalue weighted by Crippen LogP contribution is 2.40. The predicted molar refractivity (Wildman–Crippen MR) is 78.2 cm³/mol. The fraction of sp³-hybridized carbons (Fsp3) is 0.438. The highest BCUT2D eigenvalue weighted by atomic mass is 19.3. The molecule has 1 saturated carbocycles. The summed E-state index contributed by atoms with van der Waals surface area (Å²) in [5.41, 5.74) is 1.69. The Morgan fingerprint density at radius 3 is 2.39 bits per heavy atom. The van der Waals surface area contributed by atoms with Crippen LogP contribution in [0, 0.1) is 13.8 Å². The molecular formula is C16H17F2N3O2. The number of carbonyl (C=O) groups excluding carboxylic acids is 1. The standard InChI is InChI=1S/C16H17F2N3O2/c1-9-6-10(2)8-11(7-9)13(22)20-16(4-3-5-16)15-19-14(12(17)18)23-21-15/h6-8,12H,3-5H2,1-2H3,(H,20,22). The third kappa shape index (κ3) is 2.95. The second-order valence-electron chi connectivity index (χ2n) is 6.02. The van der Waals surface area contributed by atoms with Crippen molar-refractivity contribution in [2.24, 2.45) is 0 Å². The van der Waals surface area contributed by atoms with Gasteiger partial charge in [0.15, 0.2) is 5.82 Å². The zero-order valence-electron chi connectivity index (χ0n) is 12.9. The SMILES string of the molecule is Cc1cc(C)cc(C(=O)NC2(c3noc(C(F)F)n3)CCC2)c1. The van der Waals surface area contributed by atoms with E-state index in [9.17, 15) is 13.6 Å². The first-order chi connectivity index (χ1) is 10.9. The lowest BCUT2D eigenvalue weighted by Gasteiger charge is -2.39. The van der Waals surface area contributed by atoms with E-state index in [2.05, 4.69) is 20.0 Å². The third-order valence-electron chi connectivity index (χ3n) is 4.10. The van der Waals surface area contributed by atoms with Gasteiger partial charge in [-0.3, -0.25) is 4.79 Å². The fourth-order valence-electron chi connectivity index (χ4n) is 2.85. The van der Waals surface area contributed by atoms with Crippen LogP contribution in [0.25, 0.3) is 0 Å². The minimum atomic E-state index is -2.82. The Balaban J connectivity index is 1.84. The van der Waals surface area contributed by atoms with E-state index in [0.29, 0.717) is 18.4 Å². The molecule has 2 aromatic rings. The molecule has 1 amide bonds. The summed E-state index contributed by atoms with van der Waals surface area (Å²) in [7, 11) is 0. The van der Waals surface area contributed by atoms with Crippen LogP contribution < -0.4 is 5.32 Å². The van der Waals surface area contributed by atoms with E-state index < -0.39 is 17.9 Å². The molecule has 122 valence electrons. The van der Waals surface area contributed by atoms with Gasteiger partial charge < -0.3 is 9.84 Å². The molecule has 0 saturated heterocycles. The van der Waals surface area contributed by atoms with Crippen LogP contribution in [0.15, 0.2) is 22.7 Å². The number of nitrogens with zero attached hydrogens (tertiary/aromatic N) is 2. The summed E-state index contributed by atoms with van der Waals surface area (Å²) in [5.74, 6) is -0.858. The molecular weight excluding hydrogens is 304 g/mol. The smallest absolute Gasteiger partial charge is 0.315 e. The molecule has 0 unspecified atom stereocenters. The van der Waals surface area contributed by atoms with Crippen LogP contribution in [-0.2, 0) is 5.54 Å². The molecule has 1 aromatic carbocycles. The van der Waals surface area contributed by atoms with E-state index in [-0.39, 0.29) is 11.7 Å². The second-order valence-corrected chi connectivity index (χ2v) is 6.02. The molecule has 3 rings (SSSR count). The molecule has 1 fully saturated rings. The van der Waals surface area contributed by atoms with Crippen LogP contribution in [0.1, 0.15) is 58.9 Å². The monoisotopic (exact) mass is 321 g/mol. The molecule has 0 spiro atoms. The average Bonchev–Trinajstić information content (AvgIpc) is 2.91. The van der Waals surface area contributed by atoms with Crippen LogP contribution in [0.5, 0.6) is 0 Å². The summed E-state index contributed by atoms with van der Waals surface area (Å²) < 4.78 is 29.8. The average molecular weight is 321 g/mol. The zero-order valence-corrected chi connectivity index (χ0v) is 12.9. The summed E-state index contributed by atoms with van der Waals surface area (Å²) in [6.45, 7) is 3.83. The maximum absolute atomic E-state index is 12.6. The molecule has 23 heavy (non-hydrogen) atoms. The number of aryl methyl sites for hydroxylation is 2. The Morgan fingerprint density at radius 1 is 1.26 bits per heavy atom. The number of carbonyl (C=O) groups is 1. The van der Waals surface area contributed by atoms with Crippen molar-refractivity contribution >= 4 is 5.91 Å². The highest BCUT2D eigenvalue weighted by molar-refractivity contribution is 5.95. The molecule has 7 heteroatoms. The molecule has 1 aliphatic rings.